The molecule has 0 spiro atoms. The van der Waals surface area contributed by atoms with Crippen LogP contribution in [0.1, 0.15) is 31.1 Å². The summed E-state index contributed by atoms with van der Waals surface area (Å²) >= 11 is 0. The molecule has 1 aromatic carbocycles. The molecule has 2 aliphatic rings. The van der Waals surface area contributed by atoms with Crippen molar-refractivity contribution in [1.82, 2.24) is 14.5 Å². The van der Waals surface area contributed by atoms with Crippen molar-refractivity contribution in [3.8, 4) is 0 Å². The largest absolute Gasteiger partial charge is 0.389 e. The van der Waals surface area contributed by atoms with E-state index in [0.29, 0.717) is 42.7 Å². The van der Waals surface area contributed by atoms with Gasteiger partial charge in [-0.3, -0.25) is 14.2 Å². The van der Waals surface area contributed by atoms with Crippen LogP contribution in [0.5, 0.6) is 0 Å². The van der Waals surface area contributed by atoms with Crippen molar-refractivity contribution in [2.75, 3.05) is 13.1 Å². The van der Waals surface area contributed by atoms with E-state index in [1.165, 1.54) is 0 Å². The van der Waals surface area contributed by atoms with Gasteiger partial charge in [-0.15, -0.1) is 0 Å². The van der Waals surface area contributed by atoms with Crippen molar-refractivity contribution in [3.05, 3.63) is 40.4 Å². The summed E-state index contributed by atoms with van der Waals surface area (Å²) < 4.78 is 1.78. The first-order chi connectivity index (χ1) is 11.1. The Morgan fingerprint density at radius 3 is 2.70 bits per heavy atom. The summed E-state index contributed by atoms with van der Waals surface area (Å²) in [5, 5.41) is 9.92. The minimum Gasteiger partial charge on any atom is -0.389 e. The number of nitrogens with zero attached hydrogens (tertiary/aromatic N) is 3. The fourth-order valence-electron chi connectivity index (χ4n) is 3.11. The zero-order chi connectivity index (χ0) is 16.0. The minimum atomic E-state index is -0.387. The highest BCUT2D eigenvalue weighted by atomic mass is 16.3. The zero-order valence-corrected chi connectivity index (χ0v) is 12.8. The van der Waals surface area contributed by atoms with Crippen molar-refractivity contribution < 1.29 is 9.90 Å². The van der Waals surface area contributed by atoms with Crippen LogP contribution in [0.3, 0.4) is 0 Å². The predicted octanol–water partition coefficient (Wildman–Crippen LogP) is 0.867. The molecular formula is C17H19N3O3. The molecule has 4 rings (SSSR count). The molecule has 2 aromatic rings. The number of aromatic nitrogens is 2. The number of carbonyl (C=O) groups is 1. The average Bonchev–Trinajstić information content (AvgIpc) is 3.34. The number of carbonyl (C=O) groups excluding carboxylic acids is 1. The third kappa shape index (κ3) is 2.63. The molecule has 1 N–H and O–H groups in total. The molecular weight excluding hydrogens is 294 g/mol. The van der Waals surface area contributed by atoms with E-state index in [1.54, 1.807) is 15.5 Å². The van der Waals surface area contributed by atoms with E-state index < -0.39 is 0 Å². The maximum absolute atomic E-state index is 12.7. The number of rotatable bonds is 4. The summed E-state index contributed by atoms with van der Waals surface area (Å²) in [7, 11) is 0. The third-order valence-electron chi connectivity index (χ3n) is 4.57. The maximum atomic E-state index is 12.7. The standard InChI is InChI=1S/C17H19N3O3/c21-12-9-19(10-12)16(22)8-7-15-18-14-4-2-1-3-13(14)17(23)20(15)11-5-6-11/h1-4,11-12,21H,5-10H2. The van der Waals surface area contributed by atoms with Gasteiger partial charge in [0.05, 0.1) is 17.0 Å². The van der Waals surface area contributed by atoms with E-state index in [0.717, 1.165) is 12.8 Å². The number of fused-ring (bicyclic) bond motifs is 1. The van der Waals surface area contributed by atoms with Crippen LogP contribution in [0, 0.1) is 0 Å². The number of aliphatic hydroxyl groups is 1. The summed E-state index contributed by atoms with van der Waals surface area (Å²) in [4.78, 5) is 31.1. The second kappa shape index (κ2) is 5.45. The highest BCUT2D eigenvalue weighted by molar-refractivity contribution is 5.78. The second-order valence-corrected chi connectivity index (χ2v) is 6.40. The molecule has 6 nitrogen and oxygen atoms in total. The summed E-state index contributed by atoms with van der Waals surface area (Å²) in [6, 6.07) is 7.59. The van der Waals surface area contributed by atoms with Crippen LogP contribution in [0.2, 0.25) is 0 Å². The Morgan fingerprint density at radius 2 is 2.00 bits per heavy atom. The van der Waals surface area contributed by atoms with Crippen LogP contribution >= 0.6 is 0 Å². The van der Waals surface area contributed by atoms with E-state index in [-0.39, 0.29) is 23.6 Å². The normalized spacial score (nSPS) is 18.2. The minimum absolute atomic E-state index is 0.0000727. The lowest BCUT2D eigenvalue weighted by atomic mass is 10.1. The Hall–Kier alpha value is -2.21. The number of aryl methyl sites for hydroxylation is 1. The van der Waals surface area contributed by atoms with Crippen LogP contribution in [0.15, 0.2) is 29.1 Å². The topological polar surface area (TPSA) is 75.4 Å². The van der Waals surface area contributed by atoms with Gasteiger partial charge in [0.15, 0.2) is 0 Å². The molecule has 0 unspecified atom stereocenters. The number of amides is 1. The Bertz CT molecular complexity index is 819. The quantitative estimate of drug-likeness (QED) is 0.909. The first-order valence-electron chi connectivity index (χ1n) is 8.09. The van der Waals surface area contributed by atoms with E-state index in [4.69, 9.17) is 0 Å². The summed E-state index contributed by atoms with van der Waals surface area (Å²) in [6.07, 6.45) is 2.40. The SMILES string of the molecule is O=C(CCc1nc2ccccc2c(=O)n1C1CC1)N1CC(O)C1. The van der Waals surface area contributed by atoms with Gasteiger partial charge >= 0.3 is 0 Å². The van der Waals surface area contributed by atoms with Crippen LogP contribution in [0.25, 0.3) is 10.9 Å². The molecule has 1 aromatic heterocycles. The smallest absolute Gasteiger partial charge is 0.261 e. The van der Waals surface area contributed by atoms with Crippen molar-refractivity contribution in [3.63, 3.8) is 0 Å². The first-order valence-corrected chi connectivity index (χ1v) is 8.09. The van der Waals surface area contributed by atoms with Gasteiger partial charge in [0.2, 0.25) is 5.91 Å². The molecule has 2 fully saturated rings. The van der Waals surface area contributed by atoms with Gasteiger partial charge in [0, 0.05) is 32.0 Å². The van der Waals surface area contributed by atoms with Gasteiger partial charge in [-0.1, -0.05) is 12.1 Å². The molecule has 1 amide bonds. The van der Waals surface area contributed by atoms with E-state index in [1.807, 2.05) is 18.2 Å². The van der Waals surface area contributed by atoms with E-state index >= 15 is 0 Å². The number of hydrogen-bond acceptors (Lipinski definition) is 4. The van der Waals surface area contributed by atoms with Crippen LogP contribution in [-0.2, 0) is 11.2 Å². The highest BCUT2D eigenvalue weighted by Crippen LogP contribution is 2.35. The zero-order valence-electron chi connectivity index (χ0n) is 12.8. The highest BCUT2D eigenvalue weighted by Gasteiger charge is 2.30. The summed E-state index contributed by atoms with van der Waals surface area (Å²) in [6.45, 7) is 0.832. The fraction of sp³-hybridized carbons (Fsp3) is 0.471. The molecule has 6 heteroatoms. The van der Waals surface area contributed by atoms with Crippen LogP contribution in [0.4, 0.5) is 0 Å². The molecule has 1 saturated heterocycles. The molecule has 0 atom stereocenters. The summed E-state index contributed by atoms with van der Waals surface area (Å²) in [5.41, 5.74) is 0.691. The fourth-order valence-corrected chi connectivity index (χ4v) is 3.11. The molecule has 0 bridgehead atoms. The predicted molar refractivity (Wildman–Crippen MR) is 85.2 cm³/mol. The number of aliphatic hydroxyl groups excluding tert-OH is 1. The lowest BCUT2D eigenvalue weighted by Crippen LogP contribution is -2.53. The number of β-amino-alcohol motifs (C(OH)–C–C–N with tert-alkyl or cyclic N) is 1. The average molecular weight is 313 g/mol. The lowest BCUT2D eigenvalue weighted by molar-refractivity contribution is -0.141. The summed E-state index contributed by atoms with van der Waals surface area (Å²) in [5.74, 6) is 0.714. The molecule has 0 radical (unpaired) electrons. The third-order valence-corrected chi connectivity index (χ3v) is 4.57. The molecule has 1 aliphatic heterocycles. The van der Waals surface area contributed by atoms with E-state index in [2.05, 4.69) is 4.98 Å². The van der Waals surface area contributed by atoms with Crippen molar-refractivity contribution in [2.24, 2.45) is 0 Å². The first kappa shape index (κ1) is 14.4. The van der Waals surface area contributed by atoms with Crippen molar-refractivity contribution in [1.29, 1.82) is 0 Å². The molecule has 2 heterocycles. The van der Waals surface area contributed by atoms with Gasteiger partial charge < -0.3 is 10.0 Å². The van der Waals surface area contributed by atoms with Crippen LogP contribution < -0.4 is 5.56 Å². The number of benzene rings is 1. The maximum Gasteiger partial charge on any atom is 0.261 e. The van der Waals surface area contributed by atoms with Gasteiger partial charge in [-0.2, -0.15) is 0 Å². The monoisotopic (exact) mass is 313 g/mol. The number of hydrogen-bond donors (Lipinski definition) is 1. The lowest BCUT2D eigenvalue weighted by Gasteiger charge is -2.35. The van der Waals surface area contributed by atoms with Crippen molar-refractivity contribution in [2.45, 2.75) is 37.8 Å². The molecule has 1 saturated carbocycles. The van der Waals surface area contributed by atoms with Gasteiger partial charge in [-0.05, 0) is 25.0 Å². The Balaban J connectivity index is 1.62. The van der Waals surface area contributed by atoms with Gasteiger partial charge in [0.1, 0.15) is 5.82 Å². The molecule has 1 aliphatic carbocycles. The molecule has 23 heavy (non-hydrogen) atoms. The molecule has 120 valence electrons. The Kier molecular flexibility index (Phi) is 3.41. The van der Waals surface area contributed by atoms with Gasteiger partial charge in [-0.25, -0.2) is 4.98 Å². The van der Waals surface area contributed by atoms with E-state index in [9.17, 15) is 14.7 Å². The van der Waals surface area contributed by atoms with Crippen molar-refractivity contribution >= 4 is 16.8 Å². The number of likely N-dealkylation sites (tertiary alicyclic amines) is 1. The Labute approximate surface area is 133 Å². The number of para-hydroxylation sites is 1. The van der Waals surface area contributed by atoms with Gasteiger partial charge in [0.25, 0.3) is 5.56 Å². The van der Waals surface area contributed by atoms with Crippen LogP contribution in [-0.4, -0.2) is 44.7 Å². The second-order valence-electron chi connectivity index (χ2n) is 6.40. The Morgan fingerprint density at radius 1 is 1.26 bits per heavy atom.